The van der Waals surface area contributed by atoms with Crippen LogP contribution in [0.25, 0.3) is 22.2 Å². The van der Waals surface area contributed by atoms with Gasteiger partial charge in [0.25, 0.3) is 0 Å². The van der Waals surface area contributed by atoms with Crippen LogP contribution >= 0.6 is 0 Å². The third kappa shape index (κ3) is 3.53. The van der Waals surface area contributed by atoms with E-state index in [2.05, 4.69) is 9.97 Å². The number of anilines is 3. The zero-order valence-corrected chi connectivity index (χ0v) is 17.4. The number of hydrogen-bond donors (Lipinski definition) is 4. The summed E-state index contributed by atoms with van der Waals surface area (Å²) in [6, 6.07) is 11.2. The molecule has 4 rings (SSSR count). The highest BCUT2D eigenvalue weighted by Crippen LogP contribution is 2.31. The summed E-state index contributed by atoms with van der Waals surface area (Å²) < 4.78 is 28.0. The van der Waals surface area contributed by atoms with Crippen LogP contribution in [0.1, 0.15) is 5.56 Å². The Morgan fingerprint density at radius 3 is 2.56 bits per heavy atom. The summed E-state index contributed by atoms with van der Waals surface area (Å²) in [5, 5.41) is 16.9. The van der Waals surface area contributed by atoms with Gasteiger partial charge in [-0.25, -0.2) is 13.8 Å². The minimum atomic E-state index is -1.13. The average molecular weight is 433 g/mol. The smallest absolute Gasteiger partial charge is 0.182 e. The van der Waals surface area contributed by atoms with Crippen molar-refractivity contribution in [2.45, 2.75) is 0 Å². The fourth-order valence-corrected chi connectivity index (χ4v) is 3.56. The van der Waals surface area contributed by atoms with E-state index in [1.165, 1.54) is 12.1 Å². The Bertz CT molecular complexity index is 1340. The number of rotatable bonds is 5. The van der Waals surface area contributed by atoms with Gasteiger partial charge in [0.1, 0.15) is 11.5 Å². The third-order valence-corrected chi connectivity index (χ3v) is 5.19. The van der Waals surface area contributed by atoms with Gasteiger partial charge < -0.3 is 15.6 Å². The van der Waals surface area contributed by atoms with Crippen LogP contribution in [0.2, 0.25) is 0 Å². The molecule has 162 valence electrons. The number of H-pyrrole nitrogens is 1. The van der Waals surface area contributed by atoms with E-state index in [1.807, 2.05) is 43.3 Å². The minimum absolute atomic E-state index is 0.197. The van der Waals surface area contributed by atoms with E-state index in [-0.39, 0.29) is 11.5 Å². The summed E-state index contributed by atoms with van der Waals surface area (Å²) in [4.78, 5) is 10.3. The molecular formula is C23H21F2N7. The van der Waals surface area contributed by atoms with Gasteiger partial charge in [0.15, 0.2) is 11.6 Å². The Balaban J connectivity index is 1.77. The highest BCUT2D eigenvalue weighted by Gasteiger charge is 2.21. The van der Waals surface area contributed by atoms with E-state index in [0.29, 0.717) is 22.3 Å². The molecule has 9 heteroatoms. The molecule has 0 unspecified atom stereocenters. The summed E-state index contributed by atoms with van der Waals surface area (Å²) in [7, 11) is 3.82. The summed E-state index contributed by atoms with van der Waals surface area (Å²) >= 11 is 0. The van der Waals surface area contributed by atoms with Gasteiger partial charge in [-0.15, -0.1) is 0 Å². The first kappa shape index (κ1) is 21.0. The van der Waals surface area contributed by atoms with E-state index >= 15 is 0 Å². The van der Waals surface area contributed by atoms with Crippen LogP contribution in [0.15, 0.2) is 54.9 Å². The monoisotopic (exact) mass is 433 g/mol. The number of nitrogen functional groups attached to an aromatic ring is 1. The molecule has 0 aliphatic rings. The normalized spacial score (nSPS) is 10.9. The first-order valence-electron chi connectivity index (χ1n) is 9.69. The molecule has 0 saturated carbocycles. The Kier molecular flexibility index (Phi) is 5.31. The van der Waals surface area contributed by atoms with Gasteiger partial charge in [0, 0.05) is 43.0 Å². The van der Waals surface area contributed by atoms with Crippen LogP contribution in [0.3, 0.4) is 0 Å². The van der Waals surface area contributed by atoms with Gasteiger partial charge in [-0.1, -0.05) is 12.1 Å². The molecule has 32 heavy (non-hydrogen) atoms. The Morgan fingerprint density at radius 1 is 1.09 bits per heavy atom. The second kappa shape index (κ2) is 8.10. The minimum Gasteiger partial charge on any atom is -0.397 e. The van der Waals surface area contributed by atoms with Gasteiger partial charge in [0.2, 0.25) is 0 Å². The molecule has 0 saturated heterocycles. The van der Waals surface area contributed by atoms with Crippen molar-refractivity contribution in [1.29, 1.82) is 10.8 Å². The standard InChI is InChI=1S/C23H21F2N7/c1-31(2)19-7-6-13(9-18(19)27)14-8-15-16(11-30-23(15)29-10-14)22(28)32(12-26)20-5-3-4-17(24)21(20)25/h3-12,26,28H,27H2,1-2H3,(H,29,30). The number of fused-ring (bicyclic) bond motifs is 1. The van der Waals surface area contributed by atoms with Crippen molar-refractivity contribution >= 4 is 40.3 Å². The summed E-state index contributed by atoms with van der Waals surface area (Å²) in [5.74, 6) is -2.38. The topological polar surface area (TPSA) is 109 Å². The molecule has 2 heterocycles. The van der Waals surface area contributed by atoms with Crippen LogP contribution in [0.5, 0.6) is 0 Å². The van der Waals surface area contributed by atoms with Crippen LogP contribution < -0.4 is 15.5 Å². The van der Waals surface area contributed by atoms with E-state index in [9.17, 15) is 8.78 Å². The number of pyridine rings is 1. The van der Waals surface area contributed by atoms with Crippen LogP contribution in [-0.4, -0.2) is 36.2 Å². The number of aromatic nitrogens is 2. The van der Waals surface area contributed by atoms with E-state index in [4.69, 9.17) is 16.6 Å². The number of nitrogens with two attached hydrogens (primary N) is 1. The maximum Gasteiger partial charge on any atom is 0.182 e. The number of halogens is 2. The number of nitrogens with one attached hydrogen (secondary N) is 3. The molecule has 0 aliphatic heterocycles. The zero-order valence-electron chi connectivity index (χ0n) is 17.4. The van der Waals surface area contributed by atoms with Crippen LogP contribution in [0, 0.1) is 22.5 Å². The first-order valence-corrected chi connectivity index (χ1v) is 9.69. The number of aromatic amines is 1. The molecule has 4 aromatic rings. The Hall–Kier alpha value is -4.27. The predicted octanol–water partition coefficient (Wildman–Crippen LogP) is 4.60. The number of amidine groups is 1. The summed E-state index contributed by atoms with van der Waals surface area (Å²) in [5.41, 5.74) is 10.0. The van der Waals surface area contributed by atoms with Crippen molar-refractivity contribution < 1.29 is 8.78 Å². The maximum atomic E-state index is 14.3. The van der Waals surface area contributed by atoms with E-state index in [1.54, 1.807) is 12.4 Å². The molecule has 0 bridgehead atoms. The molecule has 0 aliphatic carbocycles. The van der Waals surface area contributed by atoms with E-state index < -0.39 is 11.6 Å². The van der Waals surface area contributed by atoms with Crippen molar-refractivity contribution in [2.75, 3.05) is 29.6 Å². The largest absolute Gasteiger partial charge is 0.397 e. The lowest BCUT2D eigenvalue weighted by Gasteiger charge is -2.20. The number of nitrogens with zero attached hydrogens (tertiary/aromatic N) is 3. The molecule has 0 amide bonds. The number of benzene rings is 2. The summed E-state index contributed by atoms with van der Waals surface area (Å²) in [6.07, 6.45) is 4.02. The van der Waals surface area contributed by atoms with Gasteiger partial charge in [0.05, 0.1) is 23.4 Å². The van der Waals surface area contributed by atoms with Crippen LogP contribution in [-0.2, 0) is 0 Å². The molecule has 0 fully saturated rings. The highest BCUT2D eigenvalue weighted by molar-refractivity contribution is 6.22. The van der Waals surface area contributed by atoms with Crippen molar-refractivity contribution in [2.24, 2.45) is 0 Å². The second-order valence-corrected chi connectivity index (χ2v) is 7.41. The maximum absolute atomic E-state index is 14.3. The molecule has 0 spiro atoms. The number of hydrogen-bond acceptors (Lipinski definition) is 5. The second-order valence-electron chi connectivity index (χ2n) is 7.41. The summed E-state index contributed by atoms with van der Waals surface area (Å²) in [6.45, 7) is 0. The van der Waals surface area contributed by atoms with Crippen molar-refractivity contribution in [3.63, 3.8) is 0 Å². The molecule has 5 N–H and O–H groups in total. The van der Waals surface area contributed by atoms with Crippen molar-refractivity contribution in [3.8, 4) is 11.1 Å². The van der Waals surface area contributed by atoms with Crippen molar-refractivity contribution in [3.05, 3.63) is 72.1 Å². The molecule has 0 atom stereocenters. The molecule has 2 aromatic carbocycles. The van der Waals surface area contributed by atoms with Crippen molar-refractivity contribution in [1.82, 2.24) is 9.97 Å². The SMILES string of the molecule is CN(C)c1ccc(-c2cnc3[nH]cc(C(=N)N(C=N)c4cccc(F)c4F)c3c2)cc1N. The van der Waals surface area contributed by atoms with Crippen LogP contribution in [0.4, 0.5) is 25.8 Å². The molecule has 0 radical (unpaired) electrons. The van der Waals surface area contributed by atoms with Gasteiger partial charge >= 0.3 is 0 Å². The Morgan fingerprint density at radius 2 is 1.88 bits per heavy atom. The lowest BCUT2D eigenvalue weighted by Crippen LogP contribution is -2.30. The first-order chi connectivity index (χ1) is 15.3. The fraction of sp³-hybridized carbons (Fsp3) is 0.0870. The molecule has 2 aromatic heterocycles. The lowest BCUT2D eigenvalue weighted by atomic mass is 10.0. The Labute approximate surface area is 183 Å². The zero-order chi connectivity index (χ0) is 23.0. The molecule has 7 nitrogen and oxygen atoms in total. The third-order valence-electron chi connectivity index (χ3n) is 5.19. The quantitative estimate of drug-likeness (QED) is 0.210. The van der Waals surface area contributed by atoms with E-state index in [0.717, 1.165) is 34.1 Å². The highest BCUT2D eigenvalue weighted by atomic mass is 19.2. The van der Waals surface area contributed by atoms with Gasteiger partial charge in [-0.3, -0.25) is 15.7 Å². The van der Waals surface area contributed by atoms with Gasteiger partial charge in [-0.2, -0.15) is 0 Å². The predicted molar refractivity (Wildman–Crippen MR) is 125 cm³/mol. The average Bonchev–Trinajstić information content (AvgIpc) is 3.20. The van der Waals surface area contributed by atoms with Gasteiger partial charge in [-0.05, 0) is 35.9 Å². The lowest BCUT2D eigenvalue weighted by molar-refractivity contribution is 0.510. The fourth-order valence-electron chi connectivity index (χ4n) is 3.56. The molecular weight excluding hydrogens is 412 g/mol.